The van der Waals surface area contributed by atoms with Crippen LogP contribution < -0.4 is 10.0 Å². The number of hydrogen-bond acceptors (Lipinski definition) is 3. The number of carbonyl (C=O) groups excluding carboxylic acids is 1. The molecule has 0 heterocycles. The summed E-state index contributed by atoms with van der Waals surface area (Å²) in [5.74, 6) is -1.53. The Morgan fingerprint density at radius 3 is 2.72 bits per heavy atom. The summed E-state index contributed by atoms with van der Waals surface area (Å²) in [7, 11) is -4.09. The van der Waals surface area contributed by atoms with Crippen molar-refractivity contribution in [1.82, 2.24) is 4.72 Å². The number of halogens is 2. The summed E-state index contributed by atoms with van der Waals surface area (Å²) in [6, 6.07) is 8.13. The molecule has 2 aromatic carbocycles. The summed E-state index contributed by atoms with van der Waals surface area (Å²) in [5.41, 5.74) is 1.15. The maximum Gasteiger partial charge on any atom is 0.255 e. The third-order valence-corrected chi connectivity index (χ3v) is 5.26. The average Bonchev–Trinajstić information content (AvgIpc) is 2.57. The fraction of sp³-hybridized carbons (Fsp3) is 0.118. The Hall–Kier alpha value is -2.22. The number of hydrogen-bond donors (Lipinski definition) is 2. The van der Waals surface area contributed by atoms with E-state index in [1.807, 2.05) is 0 Å². The summed E-state index contributed by atoms with van der Waals surface area (Å²) in [6.45, 7) is 5.07. The van der Waals surface area contributed by atoms with Gasteiger partial charge in [-0.25, -0.2) is 17.5 Å². The van der Waals surface area contributed by atoms with Crippen molar-refractivity contribution in [3.05, 3.63) is 71.0 Å². The van der Waals surface area contributed by atoms with Crippen molar-refractivity contribution < 1.29 is 17.6 Å². The van der Waals surface area contributed by atoms with Gasteiger partial charge in [-0.2, -0.15) is 0 Å². The van der Waals surface area contributed by atoms with Gasteiger partial charge in [0.1, 0.15) is 10.7 Å². The molecular formula is C17H16ClFN2O3S. The second-order valence-corrected chi connectivity index (χ2v) is 7.29. The fourth-order valence-electron chi connectivity index (χ4n) is 2.03. The molecule has 0 aromatic heterocycles. The van der Waals surface area contributed by atoms with Crippen molar-refractivity contribution in [3.8, 4) is 0 Å². The minimum atomic E-state index is -4.09. The van der Waals surface area contributed by atoms with Crippen LogP contribution in [0.5, 0.6) is 0 Å². The number of nitrogens with one attached hydrogen (secondary N) is 2. The first-order valence-corrected chi connectivity index (χ1v) is 9.09. The van der Waals surface area contributed by atoms with E-state index in [1.54, 1.807) is 25.1 Å². The molecule has 8 heteroatoms. The van der Waals surface area contributed by atoms with Crippen molar-refractivity contribution in [2.45, 2.75) is 11.8 Å². The Labute approximate surface area is 150 Å². The first-order valence-electron chi connectivity index (χ1n) is 7.23. The summed E-state index contributed by atoms with van der Waals surface area (Å²) in [5, 5.41) is 3.11. The van der Waals surface area contributed by atoms with Crippen LogP contribution in [0.4, 0.5) is 10.1 Å². The normalized spacial score (nSPS) is 11.2. The summed E-state index contributed by atoms with van der Waals surface area (Å²) < 4.78 is 40.3. The van der Waals surface area contributed by atoms with E-state index in [0.29, 0.717) is 16.3 Å². The summed E-state index contributed by atoms with van der Waals surface area (Å²) >= 11 is 6.00. The highest BCUT2D eigenvalue weighted by molar-refractivity contribution is 7.89. The van der Waals surface area contributed by atoms with Crippen molar-refractivity contribution in [3.63, 3.8) is 0 Å². The van der Waals surface area contributed by atoms with Gasteiger partial charge in [-0.15, -0.1) is 6.58 Å². The Morgan fingerprint density at radius 2 is 2.04 bits per heavy atom. The monoisotopic (exact) mass is 382 g/mol. The minimum Gasteiger partial charge on any atom is -0.322 e. The standard InChI is InChI=1S/C17H16ClFN2O3S/c1-3-9-20-25(23,24)16-10-12(7-8-14(16)19)17(22)21-15-6-4-5-13(18)11(15)2/h3-8,10,20H,1,9H2,2H3,(H,21,22). The maximum absolute atomic E-state index is 13.9. The van der Waals surface area contributed by atoms with Crippen LogP contribution in [-0.4, -0.2) is 20.9 Å². The van der Waals surface area contributed by atoms with E-state index in [4.69, 9.17) is 11.6 Å². The molecule has 2 rings (SSSR count). The topological polar surface area (TPSA) is 75.3 Å². The molecule has 0 aliphatic rings. The first kappa shape index (κ1) is 19.1. The van der Waals surface area contributed by atoms with E-state index >= 15 is 0 Å². The first-order chi connectivity index (χ1) is 11.8. The van der Waals surface area contributed by atoms with Gasteiger partial charge in [0.2, 0.25) is 10.0 Å². The highest BCUT2D eigenvalue weighted by Crippen LogP contribution is 2.24. The number of benzene rings is 2. The van der Waals surface area contributed by atoms with Gasteiger partial charge in [-0.05, 0) is 42.8 Å². The number of rotatable bonds is 6. The molecule has 0 saturated heterocycles. The van der Waals surface area contributed by atoms with E-state index in [9.17, 15) is 17.6 Å². The van der Waals surface area contributed by atoms with E-state index in [2.05, 4.69) is 16.6 Å². The molecular weight excluding hydrogens is 367 g/mol. The van der Waals surface area contributed by atoms with Crippen LogP contribution >= 0.6 is 11.6 Å². The quantitative estimate of drug-likeness (QED) is 0.751. The second kappa shape index (κ2) is 7.77. The van der Waals surface area contributed by atoms with Gasteiger partial charge < -0.3 is 5.32 Å². The van der Waals surface area contributed by atoms with Crippen molar-refractivity contribution in [1.29, 1.82) is 0 Å². The second-order valence-electron chi connectivity index (χ2n) is 5.15. The predicted molar refractivity (Wildman–Crippen MR) is 95.9 cm³/mol. The van der Waals surface area contributed by atoms with Gasteiger partial charge in [0.25, 0.3) is 5.91 Å². The zero-order valence-electron chi connectivity index (χ0n) is 13.3. The van der Waals surface area contributed by atoms with Crippen LogP contribution in [0.3, 0.4) is 0 Å². The van der Waals surface area contributed by atoms with Gasteiger partial charge >= 0.3 is 0 Å². The van der Waals surface area contributed by atoms with Crippen molar-refractivity contribution in [2.75, 3.05) is 11.9 Å². The van der Waals surface area contributed by atoms with Crippen LogP contribution in [-0.2, 0) is 10.0 Å². The molecule has 0 aliphatic heterocycles. The molecule has 0 atom stereocenters. The third-order valence-electron chi connectivity index (χ3n) is 3.42. The Balaban J connectivity index is 2.34. The van der Waals surface area contributed by atoms with Gasteiger partial charge in [0.15, 0.2) is 0 Å². The molecule has 1 amide bonds. The molecule has 0 aliphatic carbocycles. The minimum absolute atomic E-state index is 0.000228. The highest BCUT2D eigenvalue weighted by atomic mass is 35.5. The zero-order valence-corrected chi connectivity index (χ0v) is 14.9. The summed E-state index contributed by atoms with van der Waals surface area (Å²) in [6.07, 6.45) is 1.33. The van der Waals surface area contributed by atoms with Gasteiger partial charge in [-0.3, -0.25) is 4.79 Å². The van der Waals surface area contributed by atoms with Gasteiger partial charge in [0, 0.05) is 22.8 Å². The number of amides is 1. The molecule has 0 unspecified atom stereocenters. The van der Waals surface area contributed by atoms with E-state index in [0.717, 1.165) is 12.1 Å². The van der Waals surface area contributed by atoms with Crippen molar-refractivity contribution in [2.24, 2.45) is 0 Å². The van der Waals surface area contributed by atoms with Crippen LogP contribution in [0.15, 0.2) is 53.9 Å². The van der Waals surface area contributed by atoms with Gasteiger partial charge in [-0.1, -0.05) is 23.7 Å². The third kappa shape index (κ3) is 4.45. The predicted octanol–water partition coefficient (Wildman–Crippen LogP) is 3.50. The van der Waals surface area contributed by atoms with Crippen molar-refractivity contribution >= 4 is 33.2 Å². The smallest absolute Gasteiger partial charge is 0.255 e. The summed E-state index contributed by atoms with van der Waals surface area (Å²) in [4.78, 5) is 11.8. The molecule has 25 heavy (non-hydrogen) atoms. The lowest BCUT2D eigenvalue weighted by Crippen LogP contribution is -2.25. The lowest BCUT2D eigenvalue weighted by Gasteiger charge is -2.11. The molecule has 0 bridgehead atoms. The molecule has 0 fully saturated rings. The lowest BCUT2D eigenvalue weighted by atomic mass is 10.1. The molecule has 0 saturated carbocycles. The number of carbonyl (C=O) groups is 1. The average molecular weight is 383 g/mol. The highest BCUT2D eigenvalue weighted by Gasteiger charge is 2.21. The molecule has 0 radical (unpaired) electrons. The van der Waals surface area contributed by atoms with E-state index < -0.39 is 26.6 Å². The molecule has 2 N–H and O–H groups in total. The fourth-order valence-corrected chi connectivity index (χ4v) is 3.31. The zero-order chi connectivity index (χ0) is 18.6. The van der Waals surface area contributed by atoms with E-state index in [-0.39, 0.29) is 12.1 Å². The molecule has 0 spiro atoms. The largest absolute Gasteiger partial charge is 0.322 e. The Bertz CT molecular complexity index is 929. The van der Waals surface area contributed by atoms with Gasteiger partial charge in [0.05, 0.1) is 0 Å². The van der Waals surface area contributed by atoms with Crippen LogP contribution in [0.1, 0.15) is 15.9 Å². The van der Waals surface area contributed by atoms with Crippen LogP contribution in [0, 0.1) is 12.7 Å². The van der Waals surface area contributed by atoms with Crippen LogP contribution in [0.25, 0.3) is 0 Å². The number of anilines is 1. The Morgan fingerprint density at radius 1 is 1.32 bits per heavy atom. The van der Waals surface area contributed by atoms with Crippen LogP contribution in [0.2, 0.25) is 5.02 Å². The Kier molecular flexibility index (Phi) is 5.94. The van der Waals surface area contributed by atoms with E-state index in [1.165, 1.54) is 12.1 Å². The molecule has 5 nitrogen and oxygen atoms in total. The molecule has 2 aromatic rings. The maximum atomic E-state index is 13.9. The molecule has 132 valence electrons. The number of sulfonamides is 1. The SMILES string of the molecule is C=CCNS(=O)(=O)c1cc(C(=O)Nc2cccc(Cl)c2C)ccc1F. The lowest BCUT2D eigenvalue weighted by molar-refractivity contribution is 0.102.